The third kappa shape index (κ3) is 4.95. The lowest BCUT2D eigenvalue weighted by Crippen LogP contribution is -2.31. The summed E-state index contributed by atoms with van der Waals surface area (Å²) in [5.74, 6) is -0.688. The number of rotatable bonds is 6. The van der Waals surface area contributed by atoms with Gasteiger partial charge in [-0.1, -0.05) is 15.9 Å². The van der Waals surface area contributed by atoms with Crippen molar-refractivity contribution in [1.29, 1.82) is 0 Å². The van der Waals surface area contributed by atoms with Crippen molar-refractivity contribution >= 4 is 33.9 Å². The number of carbonyl (C=O) groups is 2. The molecule has 1 fully saturated rings. The van der Waals surface area contributed by atoms with Gasteiger partial charge in [0.2, 0.25) is 0 Å². The van der Waals surface area contributed by atoms with Crippen molar-refractivity contribution in [2.75, 3.05) is 6.61 Å². The summed E-state index contributed by atoms with van der Waals surface area (Å²) < 4.78 is 18.8. The van der Waals surface area contributed by atoms with E-state index in [0.717, 1.165) is 0 Å². The summed E-state index contributed by atoms with van der Waals surface area (Å²) >= 11 is 3.21. The minimum atomic E-state index is -0.757. The molecule has 0 N–H and O–H groups in total. The second-order valence-corrected chi connectivity index (χ2v) is 6.69. The van der Waals surface area contributed by atoms with Crippen molar-refractivity contribution in [1.82, 2.24) is 24.3 Å². The van der Waals surface area contributed by atoms with Crippen molar-refractivity contribution in [3.8, 4) is 5.82 Å². The molecule has 0 aliphatic carbocycles. The second kappa shape index (κ2) is 9.09. The van der Waals surface area contributed by atoms with Gasteiger partial charge in [0.1, 0.15) is 37.7 Å². The zero-order valence-corrected chi connectivity index (χ0v) is 17.2. The van der Waals surface area contributed by atoms with Gasteiger partial charge in [-0.15, -0.1) is 0 Å². The Kier molecular flexibility index (Phi) is 6.54. The molecule has 29 heavy (non-hydrogen) atoms. The van der Waals surface area contributed by atoms with E-state index in [1.165, 1.54) is 35.8 Å². The number of nitrogens with zero attached hydrogens (tertiary/aromatic N) is 5. The summed E-state index contributed by atoms with van der Waals surface area (Å²) in [4.78, 5) is 44.8. The van der Waals surface area contributed by atoms with E-state index in [2.05, 4.69) is 31.0 Å². The van der Waals surface area contributed by atoms with E-state index in [1.807, 2.05) is 0 Å². The molecular weight excluding hydrogens is 450 g/mol. The largest absolute Gasteiger partial charge is 0.463 e. The fourth-order valence-electron chi connectivity index (χ4n) is 2.93. The summed E-state index contributed by atoms with van der Waals surface area (Å²) in [6.07, 6.45) is 4.08. The van der Waals surface area contributed by atoms with Crippen LogP contribution < -0.4 is 5.69 Å². The van der Waals surface area contributed by atoms with Gasteiger partial charge < -0.3 is 14.2 Å². The zero-order valence-electron chi connectivity index (χ0n) is 15.6. The maximum Gasteiger partial charge on any atom is 0.351 e. The maximum absolute atomic E-state index is 12.7. The number of hydrogen-bond donors (Lipinski definition) is 0. The van der Waals surface area contributed by atoms with E-state index in [0.29, 0.717) is 11.4 Å². The maximum atomic E-state index is 12.7. The molecule has 3 atom stereocenters. The average molecular weight is 468 g/mol. The highest BCUT2D eigenvalue weighted by molar-refractivity contribution is 9.11. The van der Waals surface area contributed by atoms with Gasteiger partial charge in [-0.05, 0) is 11.1 Å². The van der Waals surface area contributed by atoms with Gasteiger partial charge in [0.05, 0.1) is 0 Å². The summed E-state index contributed by atoms with van der Waals surface area (Å²) in [6, 6.07) is 0. The van der Waals surface area contributed by atoms with E-state index in [4.69, 9.17) is 14.2 Å². The second-order valence-electron chi connectivity index (χ2n) is 6.16. The van der Waals surface area contributed by atoms with Crippen LogP contribution in [0.15, 0.2) is 28.6 Å². The number of aromatic nitrogens is 5. The van der Waals surface area contributed by atoms with Crippen LogP contribution in [0.4, 0.5) is 0 Å². The summed E-state index contributed by atoms with van der Waals surface area (Å²) in [6.45, 7) is 2.44. The first-order valence-corrected chi connectivity index (χ1v) is 9.51. The topological polar surface area (TPSA) is 127 Å². The molecule has 0 spiro atoms. The lowest BCUT2D eigenvalue weighted by molar-refractivity contribution is -0.155. The Morgan fingerprint density at radius 2 is 2.17 bits per heavy atom. The summed E-state index contributed by atoms with van der Waals surface area (Å²) in [5, 5.41) is 4.00. The van der Waals surface area contributed by atoms with Crippen molar-refractivity contribution < 1.29 is 23.8 Å². The van der Waals surface area contributed by atoms with Gasteiger partial charge >= 0.3 is 17.6 Å². The lowest BCUT2D eigenvalue weighted by atomic mass is 10.2. The molecule has 0 aromatic carbocycles. The van der Waals surface area contributed by atoms with Crippen LogP contribution in [0, 0.1) is 0 Å². The molecule has 2 aromatic rings. The average Bonchev–Trinajstić information content (AvgIpc) is 3.31. The SMILES string of the molecule is CC(=O)OC[C@H]1O[C@@H](n2cc(/C=C/Br)c(-n3cncn3)nc2=O)C[C@@H]1OC(C)=O. The van der Waals surface area contributed by atoms with E-state index in [9.17, 15) is 14.4 Å². The minimum Gasteiger partial charge on any atom is -0.463 e. The molecule has 3 heterocycles. The van der Waals surface area contributed by atoms with Crippen molar-refractivity contribution in [2.45, 2.75) is 38.7 Å². The summed E-state index contributed by atoms with van der Waals surface area (Å²) in [5.41, 5.74) is -0.00928. The van der Waals surface area contributed by atoms with Crippen molar-refractivity contribution in [3.63, 3.8) is 0 Å². The Balaban J connectivity index is 1.92. The Morgan fingerprint density at radius 1 is 1.38 bits per heavy atom. The fraction of sp³-hybridized carbons (Fsp3) is 0.412. The highest BCUT2D eigenvalue weighted by Gasteiger charge is 2.39. The first kappa shape index (κ1) is 20.9. The van der Waals surface area contributed by atoms with Crippen molar-refractivity contribution in [2.24, 2.45) is 0 Å². The normalized spacial score (nSPS) is 21.4. The van der Waals surface area contributed by atoms with Crippen LogP contribution in [0.3, 0.4) is 0 Å². The quantitative estimate of drug-likeness (QED) is 0.570. The Hall–Kier alpha value is -2.86. The molecule has 12 heteroatoms. The zero-order chi connectivity index (χ0) is 21.0. The molecule has 0 radical (unpaired) electrons. The van der Waals surface area contributed by atoms with Gasteiger partial charge in [-0.3, -0.25) is 14.2 Å². The molecule has 2 aromatic heterocycles. The first-order chi connectivity index (χ1) is 13.9. The molecule has 11 nitrogen and oxygen atoms in total. The molecule has 0 bridgehead atoms. The standard InChI is InChI=1S/C17H18BrN5O6/c1-10(24)27-7-14-13(28-11(2)25)5-15(29-14)22-6-12(3-4-18)16(21-17(22)26)23-9-19-8-20-23/h3-4,6,8-9,13-15H,5,7H2,1-2H3/b4-3+/t13-,14+,15+/m0/s1. The number of esters is 2. The van der Waals surface area contributed by atoms with E-state index < -0.39 is 36.1 Å². The predicted molar refractivity (Wildman–Crippen MR) is 102 cm³/mol. The van der Waals surface area contributed by atoms with Crippen LogP contribution in [0.5, 0.6) is 0 Å². The van der Waals surface area contributed by atoms with E-state index >= 15 is 0 Å². The Bertz CT molecular complexity index is 973. The van der Waals surface area contributed by atoms with Crippen LogP contribution in [0.2, 0.25) is 0 Å². The van der Waals surface area contributed by atoms with Gasteiger partial charge in [0, 0.05) is 32.0 Å². The van der Waals surface area contributed by atoms with Gasteiger partial charge in [-0.25, -0.2) is 14.5 Å². The first-order valence-electron chi connectivity index (χ1n) is 8.60. The third-order valence-corrected chi connectivity index (χ3v) is 4.36. The number of hydrogen-bond acceptors (Lipinski definition) is 9. The van der Waals surface area contributed by atoms with Gasteiger partial charge in [0.15, 0.2) is 5.82 Å². The van der Waals surface area contributed by atoms with Crippen LogP contribution in [-0.4, -0.2) is 55.1 Å². The molecule has 0 unspecified atom stereocenters. The summed E-state index contributed by atoms with van der Waals surface area (Å²) in [7, 11) is 0. The monoisotopic (exact) mass is 467 g/mol. The molecule has 0 saturated carbocycles. The molecule has 0 amide bonds. The van der Waals surface area contributed by atoms with Crippen LogP contribution in [-0.2, 0) is 23.8 Å². The van der Waals surface area contributed by atoms with Crippen LogP contribution >= 0.6 is 15.9 Å². The van der Waals surface area contributed by atoms with Gasteiger partial charge in [-0.2, -0.15) is 10.1 Å². The lowest BCUT2D eigenvalue weighted by Gasteiger charge is -2.18. The number of halogens is 1. The highest BCUT2D eigenvalue weighted by Crippen LogP contribution is 2.31. The molecule has 3 rings (SSSR count). The molecule has 1 saturated heterocycles. The highest BCUT2D eigenvalue weighted by atomic mass is 79.9. The third-order valence-electron chi connectivity index (χ3n) is 4.10. The predicted octanol–water partition coefficient (Wildman–Crippen LogP) is 0.972. The minimum absolute atomic E-state index is 0.100. The van der Waals surface area contributed by atoms with Gasteiger partial charge in [0.25, 0.3) is 0 Å². The smallest absolute Gasteiger partial charge is 0.351 e. The van der Waals surface area contributed by atoms with E-state index in [1.54, 1.807) is 17.3 Å². The Morgan fingerprint density at radius 3 is 2.79 bits per heavy atom. The number of ether oxygens (including phenoxy) is 3. The molecule has 154 valence electrons. The Labute approximate surface area is 173 Å². The fourth-order valence-corrected chi connectivity index (χ4v) is 3.21. The van der Waals surface area contributed by atoms with E-state index in [-0.39, 0.29) is 13.0 Å². The van der Waals surface area contributed by atoms with Crippen molar-refractivity contribution in [3.05, 3.63) is 39.9 Å². The number of carbonyl (C=O) groups excluding carboxylic acids is 2. The molecular formula is C17H18BrN5O6. The van der Waals surface area contributed by atoms with Crippen LogP contribution in [0.1, 0.15) is 32.1 Å². The molecule has 1 aliphatic rings. The van der Waals surface area contributed by atoms with Crippen LogP contribution in [0.25, 0.3) is 11.9 Å². The molecule has 1 aliphatic heterocycles.